The Morgan fingerprint density at radius 3 is 2.58 bits per heavy atom. The molecule has 1 aromatic heterocycles. The second-order valence-corrected chi connectivity index (χ2v) is 5.17. The highest BCUT2D eigenvalue weighted by Gasteiger charge is 2.33. The van der Waals surface area contributed by atoms with Gasteiger partial charge in [0.05, 0.1) is 12.2 Å². The molecular weight excluding hydrogens is 317 g/mol. The van der Waals surface area contributed by atoms with Gasteiger partial charge < -0.3 is 4.90 Å². The van der Waals surface area contributed by atoms with Crippen molar-refractivity contribution in [2.75, 3.05) is 13.1 Å². The number of terminal acetylenes is 1. The van der Waals surface area contributed by atoms with E-state index in [1.807, 2.05) is 0 Å². The molecule has 0 saturated carbocycles. The maximum atomic E-state index is 12.7. The molecule has 0 aliphatic heterocycles. The number of nitrogens with zero attached hydrogens (tertiary/aromatic N) is 2. The molecule has 0 aliphatic carbocycles. The van der Waals surface area contributed by atoms with E-state index in [4.69, 9.17) is 6.42 Å². The molecule has 6 heteroatoms. The molecule has 0 unspecified atom stereocenters. The molecular formula is C18H15F3N2O. The van der Waals surface area contributed by atoms with Gasteiger partial charge in [-0.15, -0.1) is 6.42 Å². The summed E-state index contributed by atoms with van der Waals surface area (Å²) < 4.78 is 38.0. The van der Waals surface area contributed by atoms with Gasteiger partial charge >= 0.3 is 6.18 Å². The van der Waals surface area contributed by atoms with E-state index in [9.17, 15) is 18.0 Å². The van der Waals surface area contributed by atoms with Crippen molar-refractivity contribution in [3.8, 4) is 23.6 Å². The van der Waals surface area contributed by atoms with Crippen molar-refractivity contribution >= 4 is 5.91 Å². The fourth-order valence-corrected chi connectivity index (χ4v) is 2.36. The normalized spacial score (nSPS) is 11.0. The van der Waals surface area contributed by atoms with E-state index < -0.39 is 25.2 Å². The number of rotatable bonds is 4. The Kier molecular flexibility index (Phi) is 5.24. The van der Waals surface area contributed by atoms with Crippen LogP contribution in [-0.4, -0.2) is 35.1 Å². The minimum absolute atomic E-state index is 0.178. The van der Waals surface area contributed by atoms with Gasteiger partial charge in [-0.1, -0.05) is 24.1 Å². The van der Waals surface area contributed by atoms with E-state index in [0.29, 0.717) is 21.7 Å². The quantitative estimate of drug-likeness (QED) is 0.800. The fourth-order valence-electron chi connectivity index (χ4n) is 2.36. The Balaban J connectivity index is 2.41. The summed E-state index contributed by atoms with van der Waals surface area (Å²) in [5.41, 5.74) is 2.07. The number of amides is 1. The van der Waals surface area contributed by atoms with Crippen LogP contribution in [0, 0.1) is 19.3 Å². The molecule has 3 nitrogen and oxygen atoms in total. The summed E-state index contributed by atoms with van der Waals surface area (Å²) in [6.45, 7) is -0.117. The molecule has 124 valence electrons. The lowest BCUT2D eigenvalue weighted by Gasteiger charge is -2.23. The van der Waals surface area contributed by atoms with Crippen molar-refractivity contribution < 1.29 is 18.0 Å². The number of carbonyl (C=O) groups excluding carboxylic acids is 1. The molecule has 0 radical (unpaired) electrons. The topological polar surface area (TPSA) is 33.2 Å². The maximum absolute atomic E-state index is 12.7. The first-order chi connectivity index (χ1) is 11.3. The fraction of sp³-hybridized carbons (Fsp3) is 0.222. The third-order valence-corrected chi connectivity index (χ3v) is 3.44. The Bertz CT molecular complexity index is 764. The number of hydrogen-bond donors (Lipinski definition) is 0. The van der Waals surface area contributed by atoms with Gasteiger partial charge in [0.1, 0.15) is 6.54 Å². The maximum Gasteiger partial charge on any atom is 0.406 e. The first-order valence-corrected chi connectivity index (χ1v) is 7.14. The number of carbonyl (C=O) groups is 1. The number of alkyl halides is 3. The lowest BCUT2D eigenvalue weighted by atomic mass is 9.98. The van der Waals surface area contributed by atoms with Crippen LogP contribution in [0.5, 0.6) is 0 Å². The second-order valence-electron chi connectivity index (χ2n) is 5.17. The van der Waals surface area contributed by atoms with Crippen molar-refractivity contribution in [1.29, 1.82) is 0 Å². The average Bonchev–Trinajstić information content (AvgIpc) is 2.54. The van der Waals surface area contributed by atoms with Crippen molar-refractivity contribution in [2.45, 2.75) is 13.1 Å². The van der Waals surface area contributed by atoms with Gasteiger partial charge in [-0.05, 0) is 30.7 Å². The summed E-state index contributed by atoms with van der Waals surface area (Å²) in [4.78, 5) is 17.4. The van der Waals surface area contributed by atoms with E-state index in [1.165, 1.54) is 6.07 Å². The van der Waals surface area contributed by atoms with Gasteiger partial charge in [-0.2, -0.15) is 13.2 Å². The molecule has 0 N–H and O–H groups in total. The van der Waals surface area contributed by atoms with Gasteiger partial charge in [0, 0.05) is 17.3 Å². The highest BCUT2D eigenvalue weighted by atomic mass is 19.4. The van der Waals surface area contributed by atoms with Crippen molar-refractivity contribution in [1.82, 2.24) is 9.88 Å². The molecule has 0 atom stereocenters. The van der Waals surface area contributed by atoms with E-state index in [2.05, 4.69) is 10.9 Å². The predicted octanol–water partition coefficient (Wildman–Crippen LogP) is 3.69. The summed E-state index contributed by atoms with van der Waals surface area (Å²) in [5, 5.41) is 0. The van der Waals surface area contributed by atoms with Crippen LogP contribution in [0.1, 0.15) is 15.9 Å². The van der Waals surface area contributed by atoms with Crippen LogP contribution in [0.15, 0.2) is 42.6 Å². The number of hydrogen-bond acceptors (Lipinski definition) is 2. The van der Waals surface area contributed by atoms with Crippen LogP contribution in [0.3, 0.4) is 0 Å². The van der Waals surface area contributed by atoms with Gasteiger partial charge in [0.2, 0.25) is 0 Å². The first kappa shape index (κ1) is 17.5. The minimum atomic E-state index is -4.51. The Labute approximate surface area is 138 Å². The number of benzene rings is 1. The largest absolute Gasteiger partial charge is 0.406 e. The van der Waals surface area contributed by atoms with Crippen LogP contribution >= 0.6 is 0 Å². The van der Waals surface area contributed by atoms with Crippen molar-refractivity contribution in [3.63, 3.8) is 0 Å². The van der Waals surface area contributed by atoms with Crippen LogP contribution < -0.4 is 0 Å². The Hall–Kier alpha value is -2.81. The zero-order valence-corrected chi connectivity index (χ0v) is 13.0. The molecule has 1 amide bonds. The van der Waals surface area contributed by atoms with Gasteiger partial charge in [0.25, 0.3) is 5.91 Å². The first-order valence-electron chi connectivity index (χ1n) is 7.14. The summed E-state index contributed by atoms with van der Waals surface area (Å²) in [5.74, 6) is 1.35. The molecule has 2 aromatic rings. The molecule has 0 bridgehead atoms. The van der Waals surface area contributed by atoms with Gasteiger partial charge in [-0.25, -0.2) is 0 Å². The van der Waals surface area contributed by atoms with Gasteiger partial charge in [-0.3, -0.25) is 9.78 Å². The van der Waals surface area contributed by atoms with Crippen molar-refractivity contribution in [3.05, 3.63) is 53.7 Å². The highest BCUT2D eigenvalue weighted by molar-refractivity contribution is 5.97. The highest BCUT2D eigenvalue weighted by Crippen LogP contribution is 2.25. The average molecular weight is 332 g/mol. The van der Waals surface area contributed by atoms with Crippen LogP contribution in [-0.2, 0) is 0 Å². The molecule has 2 rings (SSSR count). The lowest BCUT2D eigenvalue weighted by Crippen LogP contribution is -2.39. The Morgan fingerprint density at radius 1 is 1.25 bits per heavy atom. The minimum Gasteiger partial charge on any atom is -0.318 e. The van der Waals surface area contributed by atoms with Gasteiger partial charge in [0.15, 0.2) is 0 Å². The smallest absolute Gasteiger partial charge is 0.318 e. The zero-order chi connectivity index (χ0) is 17.7. The monoisotopic (exact) mass is 332 g/mol. The molecule has 0 aliphatic rings. The third kappa shape index (κ3) is 4.13. The molecule has 1 aromatic carbocycles. The molecule has 0 spiro atoms. The SMILES string of the molecule is C#CCN(CC(F)(F)F)C(=O)c1cccc(-c2ccccn2)c1C. The van der Waals surface area contributed by atoms with E-state index in [0.717, 1.165) is 0 Å². The lowest BCUT2D eigenvalue weighted by molar-refractivity contribution is -0.139. The number of aromatic nitrogens is 1. The molecule has 1 heterocycles. The predicted molar refractivity (Wildman–Crippen MR) is 85.2 cm³/mol. The second kappa shape index (κ2) is 7.18. The van der Waals surface area contributed by atoms with Crippen LogP contribution in [0.4, 0.5) is 13.2 Å². The standard InChI is InChI=1S/C18H15F3N2O/c1-3-11-23(12-18(19,20)21)17(24)15-8-6-7-14(13(15)2)16-9-4-5-10-22-16/h1,4-10H,11-12H2,2H3. The summed E-state index contributed by atoms with van der Waals surface area (Å²) in [6, 6.07) is 10.2. The molecule has 0 fully saturated rings. The van der Waals surface area contributed by atoms with E-state index in [-0.39, 0.29) is 5.56 Å². The third-order valence-electron chi connectivity index (χ3n) is 3.44. The summed E-state index contributed by atoms with van der Waals surface area (Å²) in [7, 11) is 0. The summed E-state index contributed by atoms with van der Waals surface area (Å²) >= 11 is 0. The Morgan fingerprint density at radius 2 is 2.00 bits per heavy atom. The molecule has 0 saturated heterocycles. The van der Waals surface area contributed by atoms with E-state index >= 15 is 0 Å². The van der Waals surface area contributed by atoms with Crippen molar-refractivity contribution in [2.24, 2.45) is 0 Å². The number of pyridine rings is 1. The van der Waals surface area contributed by atoms with Crippen LogP contribution in [0.2, 0.25) is 0 Å². The summed E-state index contributed by atoms with van der Waals surface area (Å²) in [6.07, 6.45) is 2.20. The molecule has 24 heavy (non-hydrogen) atoms. The van der Waals surface area contributed by atoms with Crippen LogP contribution in [0.25, 0.3) is 11.3 Å². The zero-order valence-electron chi connectivity index (χ0n) is 13.0. The van der Waals surface area contributed by atoms with E-state index in [1.54, 1.807) is 43.5 Å². The number of halogens is 3.